The number of carbonyl (C=O) groups is 2. The zero-order valence-electron chi connectivity index (χ0n) is 15.5. The van der Waals surface area contributed by atoms with E-state index in [1.807, 2.05) is 25.1 Å². The van der Waals surface area contributed by atoms with Crippen LogP contribution in [0, 0.1) is 0 Å². The largest absolute Gasteiger partial charge is 0.493 e. The Hall–Kier alpha value is -2.67. The van der Waals surface area contributed by atoms with Gasteiger partial charge in [-0.2, -0.15) is 0 Å². The molecule has 0 saturated heterocycles. The molecule has 2 N–H and O–H groups in total. The maximum Gasteiger partial charge on any atom is 0.316 e. The van der Waals surface area contributed by atoms with E-state index in [0.29, 0.717) is 35.1 Å². The zero-order valence-corrected chi connectivity index (χ0v) is 16.3. The lowest BCUT2D eigenvalue weighted by molar-refractivity contribution is -0.136. The lowest BCUT2D eigenvalue weighted by atomic mass is 10.1. The maximum atomic E-state index is 12.6. The molecule has 6 nitrogen and oxygen atoms in total. The molecule has 0 aromatic heterocycles. The third-order valence-corrected chi connectivity index (χ3v) is 4.93. The first-order chi connectivity index (χ1) is 13.0. The van der Waals surface area contributed by atoms with Crippen molar-refractivity contribution in [1.82, 2.24) is 5.32 Å². The number of rotatable bonds is 9. The van der Waals surface area contributed by atoms with Crippen molar-refractivity contribution in [3.63, 3.8) is 0 Å². The van der Waals surface area contributed by atoms with Crippen LogP contribution in [0.4, 0.5) is 0 Å². The number of amides is 1. The molecule has 1 amide bonds. The second-order valence-electron chi connectivity index (χ2n) is 5.70. The Labute approximate surface area is 162 Å². The van der Waals surface area contributed by atoms with Crippen LogP contribution < -0.4 is 14.8 Å². The fraction of sp³-hybridized carbons (Fsp3) is 0.300. The van der Waals surface area contributed by atoms with Crippen molar-refractivity contribution >= 4 is 23.6 Å². The van der Waals surface area contributed by atoms with Crippen LogP contribution in [0.3, 0.4) is 0 Å². The van der Waals surface area contributed by atoms with Gasteiger partial charge < -0.3 is 19.9 Å². The van der Waals surface area contributed by atoms with Crippen molar-refractivity contribution in [2.75, 3.05) is 13.7 Å². The summed E-state index contributed by atoms with van der Waals surface area (Å²) in [6.07, 6.45) is 0. The minimum absolute atomic E-state index is 0.261. The summed E-state index contributed by atoms with van der Waals surface area (Å²) >= 11 is 1.14. The summed E-state index contributed by atoms with van der Waals surface area (Å²) in [6, 6.07) is 12.5. The molecule has 2 aromatic carbocycles. The Morgan fingerprint density at radius 2 is 1.93 bits per heavy atom. The van der Waals surface area contributed by atoms with E-state index in [2.05, 4.69) is 5.32 Å². The number of hydrogen-bond acceptors (Lipinski definition) is 5. The number of benzene rings is 2. The van der Waals surface area contributed by atoms with Gasteiger partial charge >= 0.3 is 5.97 Å². The molecule has 0 heterocycles. The monoisotopic (exact) mass is 389 g/mol. The number of carbonyl (C=O) groups excluding carboxylic acids is 1. The fourth-order valence-corrected chi connectivity index (χ4v) is 3.30. The SMILES string of the molecule is CCOc1ccc(CNC(=O)c2ccccc2SC(C)C(=O)O)cc1OC. The molecule has 0 aliphatic heterocycles. The van der Waals surface area contributed by atoms with Crippen molar-refractivity contribution in [2.45, 2.75) is 30.5 Å². The van der Waals surface area contributed by atoms with Gasteiger partial charge in [-0.3, -0.25) is 9.59 Å². The number of hydrogen-bond donors (Lipinski definition) is 2. The number of nitrogens with one attached hydrogen (secondary N) is 1. The van der Waals surface area contributed by atoms with Gasteiger partial charge in [-0.15, -0.1) is 11.8 Å². The van der Waals surface area contributed by atoms with Gasteiger partial charge in [-0.05, 0) is 43.7 Å². The Morgan fingerprint density at radius 1 is 1.19 bits per heavy atom. The van der Waals surface area contributed by atoms with Crippen LogP contribution >= 0.6 is 11.8 Å². The highest BCUT2D eigenvalue weighted by atomic mass is 32.2. The number of carboxylic acid groups (broad SMARTS) is 1. The Bertz CT molecular complexity index is 809. The highest BCUT2D eigenvalue weighted by Crippen LogP contribution is 2.29. The van der Waals surface area contributed by atoms with Crippen molar-refractivity contribution in [2.24, 2.45) is 0 Å². The predicted octanol–water partition coefficient (Wildman–Crippen LogP) is 3.59. The average Bonchev–Trinajstić information content (AvgIpc) is 2.67. The minimum atomic E-state index is -0.920. The van der Waals surface area contributed by atoms with E-state index in [0.717, 1.165) is 17.3 Å². The van der Waals surface area contributed by atoms with Gasteiger partial charge in [0.05, 0.1) is 19.3 Å². The average molecular weight is 389 g/mol. The van der Waals surface area contributed by atoms with Crippen LogP contribution in [-0.4, -0.2) is 35.9 Å². The molecule has 27 heavy (non-hydrogen) atoms. The normalized spacial score (nSPS) is 11.5. The van der Waals surface area contributed by atoms with Gasteiger partial charge in [0.25, 0.3) is 5.91 Å². The lowest BCUT2D eigenvalue weighted by Crippen LogP contribution is -2.24. The Morgan fingerprint density at radius 3 is 2.59 bits per heavy atom. The number of aliphatic carboxylic acids is 1. The molecule has 1 atom stereocenters. The maximum absolute atomic E-state index is 12.6. The molecule has 144 valence electrons. The van der Waals surface area contributed by atoms with E-state index >= 15 is 0 Å². The van der Waals surface area contributed by atoms with E-state index in [1.165, 1.54) is 0 Å². The second kappa shape index (κ2) is 9.87. The molecule has 0 aliphatic rings. The van der Waals surface area contributed by atoms with Gasteiger partial charge in [0.1, 0.15) is 5.25 Å². The summed E-state index contributed by atoms with van der Waals surface area (Å²) in [6.45, 7) is 4.34. The van der Waals surface area contributed by atoms with Gasteiger partial charge in [-0.25, -0.2) is 0 Å². The molecule has 2 rings (SSSR count). The first kappa shape index (κ1) is 20.6. The third kappa shape index (κ3) is 5.65. The van der Waals surface area contributed by atoms with E-state index in [1.54, 1.807) is 38.3 Å². The topological polar surface area (TPSA) is 84.9 Å². The molecule has 7 heteroatoms. The van der Waals surface area contributed by atoms with Crippen molar-refractivity contribution in [3.05, 3.63) is 53.6 Å². The van der Waals surface area contributed by atoms with Crippen LogP contribution in [0.2, 0.25) is 0 Å². The third-order valence-electron chi connectivity index (χ3n) is 3.76. The zero-order chi connectivity index (χ0) is 19.8. The molecule has 0 radical (unpaired) electrons. The molecule has 0 spiro atoms. The molecule has 0 saturated carbocycles. The molecule has 2 aromatic rings. The molecular weight excluding hydrogens is 366 g/mol. The molecule has 0 bridgehead atoms. The second-order valence-corrected chi connectivity index (χ2v) is 7.08. The van der Waals surface area contributed by atoms with Gasteiger partial charge in [0, 0.05) is 11.4 Å². The molecule has 0 fully saturated rings. The predicted molar refractivity (Wildman–Crippen MR) is 105 cm³/mol. The van der Waals surface area contributed by atoms with E-state index in [4.69, 9.17) is 14.6 Å². The van der Waals surface area contributed by atoms with Gasteiger partial charge in [-0.1, -0.05) is 18.2 Å². The highest BCUT2D eigenvalue weighted by Gasteiger charge is 2.17. The number of carboxylic acids is 1. The Kier molecular flexibility index (Phi) is 7.55. The number of methoxy groups -OCH3 is 1. The first-order valence-electron chi connectivity index (χ1n) is 8.52. The van der Waals surface area contributed by atoms with E-state index in [-0.39, 0.29) is 5.91 Å². The van der Waals surface area contributed by atoms with E-state index in [9.17, 15) is 9.59 Å². The molecule has 1 unspecified atom stereocenters. The lowest BCUT2D eigenvalue weighted by Gasteiger charge is -2.13. The summed E-state index contributed by atoms with van der Waals surface area (Å²) < 4.78 is 10.8. The highest BCUT2D eigenvalue weighted by molar-refractivity contribution is 8.00. The van der Waals surface area contributed by atoms with Gasteiger partial charge in [0.15, 0.2) is 11.5 Å². The fourth-order valence-electron chi connectivity index (χ4n) is 2.37. The standard InChI is InChI=1S/C20H23NO5S/c1-4-26-16-10-9-14(11-17(16)25-3)12-21-19(22)15-7-5-6-8-18(15)27-13(2)20(23)24/h5-11,13H,4,12H2,1-3H3,(H,21,22)(H,23,24). The molecular formula is C20H23NO5S. The van der Waals surface area contributed by atoms with Crippen molar-refractivity contribution < 1.29 is 24.2 Å². The van der Waals surface area contributed by atoms with Crippen molar-refractivity contribution in [3.8, 4) is 11.5 Å². The minimum Gasteiger partial charge on any atom is -0.493 e. The van der Waals surface area contributed by atoms with Crippen LogP contribution in [0.5, 0.6) is 11.5 Å². The van der Waals surface area contributed by atoms with E-state index < -0.39 is 11.2 Å². The quantitative estimate of drug-likeness (QED) is 0.638. The summed E-state index contributed by atoms with van der Waals surface area (Å²) in [4.78, 5) is 24.3. The number of thioether (sulfide) groups is 1. The summed E-state index contributed by atoms with van der Waals surface area (Å²) in [5, 5.41) is 11.3. The van der Waals surface area contributed by atoms with Crippen LogP contribution in [0.1, 0.15) is 29.8 Å². The van der Waals surface area contributed by atoms with Crippen LogP contribution in [0.25, 0.3) is 0 Å². The van der Waals surface area contributed by atoms with Crippen LogP contribution in [-0.2, 0) is 11.3 Å². The van der Waals surface area contributed by atoms with Crippen LogP contribution in [0.15, 0.2) is 47.4 Å². The van der Waals surface area contributed by atoms with Crippen molar-refractivity contribution in [1.29, 1.82) is 0 Å². The summed E-state index contributed by atoms with van der Waals surface area (Å²) in [7, 11) is 1.57. The summed E-state index contributed by atoms with van der Waals surface area (Å²) in [5.41, 5.74) is 1.32. The smallest absolute Gasteiger partial charge is 0.316 e. The number of ether oxygens (including phenoxy) is 2. The molecule has 0 aliphatic carbocycles. The van der Waals surface area contributed by atoms with Gasteiger partial charge in [0.2, 0.25) is 0 Å². The summed E-state index contributed by atoms with van der Waals surface area (Å²) in [5.74, 6) is 0.0783. The first-order valence-corrected chi connectivity index (χ1v) is 9.40. The Balaban J connectivity index is 2.09.